The Bertz CT molecular complexity index is 1620. The van der Waals surface area contributed by atoms with Crippen molar-refractivity contribution in [2.24, 2.45) is 0 Å². The largest absolute Gasteiger partial charge is 0.457 e. The molecule has 10 nitrogen and oxygen atoms in total. The van der Waals surface area contributed by atoms with Crippen LogP contribution >= 0.6 is 0 Å². The maximum Gasteiger partial charge on any atom is 0.416 e. The van der Waals surface area contributed by atoms with Crippen LogP contribution in [0.2, 0.25) is 0 Å². The zero-order valence-electron chi connectivity index (χ0n) is 24.9. The van der Waals surface area contributed by atoms with E-state index in [-0.39, 0.29) is 17.8 Å². The van der Waals surface area contributed by atoms with E-state index in [4.69, 9.17) is 4.74 Å². The highest BCUT2D eigenvalue weighted by Gasteiger charge is 2.34. The van der Waals surface area contributed by atoms with E-state index in [2.05, 4.69) is 37.6 Å². The van der Waals surface area contributed by atoms with Crippen molar-refractivity contribution in [3.8, 4) is 11.5 Å². The molecule has 2 aromatic carbocycles. The average molecular weight is 621 g/mol. The maximum absolute atomic E-state index is 14.1. The number of H-pyrrole nitrogens is 1. The molecule has 2 aromatic heterocycles. The van der Waals surface area contributed by atoms with Crippen molar-refractivity contribution in [1.29, 1.82) is 0 Å². The fraction of sp³-hybridized carbons (Fsp3) is 0.344. The summed E-state index contributed by atoms with van der Waals surface area (Å²) in [6.45, 7) is 7.11. The summed E-state index contributed by atoms with van der Waals surface area (Å²) < 4.78 is 48.3. The molecule has 3 N–H and O–H groups in total. The Morgan fingerprint density at radius 1 is 0.933 bits per heavy atom. The molecule has 4 aromatic rings. The minimum atomic E-state index is -4.54. The van der Waals surface area contributed by atoms with E-state index in [1.807, 2.05) is 23.1 Å². The number of rotatable bonds is 8. The molecule has 0 radical (unpaired) electrons. The highest BCUT2D eigenvalue weighted by atomic mass is 19.4. The number of piperazine rings is 1. The summed E-state index contributed by atoms with van der Waals surface area (Å²) in [4.78, 5) is 23.4. The molecular weight excluding hydrogens is 585 g/mol. The molecule has 2 aliphatic heterocycles. The molecule has 0 spiro atoms. The topological polar surface area (TPSA) is 102 Å². The van der Waals surface area contributed by atoms with E-state index in [1.54, 1.807) is 41.6 Å². The number of anilines is 3. The van der Waals surface area contributed by atoms with Gasteiger partial charge in [-0.05, 0) is 60.0 Å². The number of likely N-dealkylation sites (N-methyl/N-ethyl adjacent to an activating group) is 1. The van der Waals surface area contributed by atoms with Gasteiger partial charge >= 0.3 is 12.2 Å². The van der Waals surface area contributed by atoms with E-state index >= 15 is 0 Å². The van der Waals surface area contributed by atoms with Gasteiger partial charge in [0.25, 0.3) is 0 Å². The van der Waals surface area contributed by atoms with Crippen LogP contribution in [0.3, 0.4) is 0 Å². The van der Waals surface area contributed by atoms with Crippen LogP contribution in [0.25, 0.3) is 0 Å². The van der Waals surface area contributed by atoms with Crippen LogP contribution in [0.5, 0.6) is 11.5 Å². The van der Waals surface area contributed by atoms with Crippen molar-refractivity contribution in [3.05, 3.63) is 89.2 Å². The second-order valence-electron chi connectivity index (χ2n) is 11.2. The SMILES string of the molecule is CCN1CCN(Cc2ccc(NC(=O)N3CCc4ccc(Oc5ccnc(Nc6cc[nH]n6)c5)cc4C3)cc2C(F)(F)F)CC1. The first-order chi connectivity index (χ1) is 21.7. The molecule has 2 aliphatic rings. The van der Waals surface area contributed by atoms with Crippen molar-refractivity contribution in [1.82, 2.24) is 29.9 Å². The smallest absolute Gasteiger partial charge is 0.416 e. The molecule has 1 saturated heterocycles. The van der Waals surface area contributed by atoms with Crippen molar-refractivity contribution >= 4 is 23.4 Å². The van der Waals surface area contributed by atoms with Crippen LogP contribution in [-0.4, -0.2) is 75.2 Å². The summed E-state index contributed by atoms with van der Waals surface area (Å²) in [7, 11) is 0. The van der Waals surface area contributed by atoms with Crippen LogP contribution in [0.1, 0.15) is 29.2 Å². The Kier molecular flexibility index (Phi) is 8.90. The lowest BCUT2D eigenvalue weighted by Crippen LogP contribution is -2.45. The Hall–Kier alpha value is -4.62. The molecule has 2 amide bonds. The number of carbonyl (C=O) groups excluding carboxylic acids is 1. The number of halogens is 3. The second-order valence-corrected chi connectivity index (χ2v) is 11.2. The number of fused-ring (bicyclic) bond motifs is 1. The minimum absolute atomic E-state index is 0.117. The number of aromatic nitrogens is 3. The quantitative estimate of drug-likeness (QED) is 0.219. The lowest BCUT2D eigenvalue weighted by atomic mass is 9.99. The highest BCUT2D eigenvalue weighted by molar-refractivity contribution is 5.89. The van der Waals surface area contributed by atoms with E-state index < -0.39 is 17.8 Å². The van der Waals surface area contributed by atoms with Crippen LogP contribution in [-0.2, 0) is 25.7 Å². The molecule has 0 atom stereocenters. The summed E-state index contributed by atoms with van der Waals surface area (Å²) in [5.41, 5.74) is 1.61. The number of amides is 2. The average Bonchev–Trinajstić information content (AvgIpc) is 3.54. The van der Waals surface area contributed by atoms with Crippen LogP contribution in [0.15, 0.2) is 67.0 Å². The molecule has 236 valence electrons. The number of ether oxygens (including phenoxy) is 1. The predicted molar refractivity (Wildman–Crippen MR) is 165 cm³/mol. The van der Waals surface area contributed by atoms with Gasteiger partial charge in [0.1, 0.15) is 17.3 Å². The lowest BCUT2D eigenvalue weighted by Gasteiger charge is -2.34. The third-order valence-electron chi connectivity index (χ3n) is 8.17. The minimum Gasteiger partial charge on any atom is -0.457 e. The van der Waals surface area contributed by atoms with E-state index in [0.717, 1.165) is 49.9 Å². The van der Waals surface area contributed by atoms with Gasteiger partial charge in [0, 0.05) is 76.0 Å². The van der Waals surface area contributed by atoms with Crippen LogP contribution in [0.4, 0.5) is 35.3 Å². The van der Waals surface area contributed by atoms with Crippen molar-refractivity contribution < 1.29 is 22.7 Å². The van der Waals surface area contributed by atoms with Gasteiger partial charge in [0.05, 0.1) is 5.56 Å². The van der Waals surface area contributed by atoms with Gasteiger partial charge in [-0.3, -0.25) is 10.00 Å². The summed E-state index contributed by atoms with van der Waals surface area (Å²) >= 11 is 0. The summed E-state index contributed by atoms with van der Waals surface area (Å²) in [5.74, 6) is 2.35. The number of nitrogens with one attached hydrogen (secondary N) is 3. The molecule has 0 saturated carbocycles. The van der Waals surface area contributed by atoms with Gasteiger partial charge < -0.3 is 25.2 Å². The van der Waals surface area contributed by atoms with Crippen LogP contribution in [0, 0.1) is 0 Å². The first kappa shape index (κ1) is 30.4. The maximum atomic E-state index is 14.1. The molecule has 1 fully saturated rings. The zero-order chi connectivity index (χ0) is 31.4. The van der Waals surface area contributed by atoms with E-state index in [0.29, 0.717) is 42.6 Å². The number of pyridine rings is 1. The fourth-order valence-corrected chi connectivity index (χ4v) is 5.67. The summed E-state index contributed by atoms with van der Waals surface area (Å²) in [5, 5.41) is 12.6. The number of alkyl halides is 3. The van der Waals surface area contributed by atoms with Crippen molar-refractivity contribution in [3.63, 3.8) is 0 Å². The number of urea groups is 1. The number of benzene rings is 2. The van der Waals surface area contributed by atoms with Crippen molar-refractivity contribution in [2.75, 3.05) is 49.9 Å². The number of hydrogen-bond donors (Lipinski definition) is 3. The highest BCUT2D eigenvalue weighted by Crippen LogP contribution is 2.35. The monoisotopic (exact) mass is 620 g/mol. The first-order valence-corrected chi connectivity index (χ1v) is 15.0. The predicted octanol–water partition coefficient (Wildman–Crippen LogP) is 6.09. The van der Waals surface area contributed by atoms with Gasteiger partial charge in [0.2, 0.25) is 0 Å². The third kappa shape index (κ3) is 7.55. The molecule has 0 bridgehead atoms. The Morgan fingerprint density at radius 3 is 2.49 bits per heavy atom. The number of nitrogens with zero attached hydrogens (tertiary/aromatic N) is 5. The molecule has 6 rings (SSSR count). The van der Waals surface area contributed by atoms with Crippen LogP contribution < -0.4 is 15.4 Å². The van der Waals surface area contributed by atoms with E-state index in [1.165, 1.54) is 6.07 Å². The standard InChI is InChI=1S/C32H35F3N8O2/c1-2-41-13-15-42(16-14-41)20-23-3-5-25(18-28(23)32(33,34)35)38-31(44)43-12-9-22-4-6-26(17-24(22)21-43)45-27-7-10-36-30(19-27)39-29-8-11-37-40-29/h3-8,10-11,17-19H,2,9,12-16,20-21H2,1H3,(H,38,44)(H2,36,37,39,40). The Balaban J connectivity index is 1.10. The van der Waals surface area contributed by atoms with Gasteiger partial charge in [-0.2, -0.15) is 18.3 Å². The number of aromatic amines is 1. The van der Waals surface area contributed by atoms with Crippen molar-refractivity contribution in [2.45, 2.75) is 32.6 Å². The Labute approximate surface area is 259 Å². The van der Waals surface area contributed by atoms with Gasteiger partial charge in [0.15, 0.2) is 5.82 Å². The fourth-order valence-electron chi connectivity index (χ4n) is 5.67. The van der Waals surface area contributed by atoms with Gasteiger partial charge in [-0.25, -0.2) is 9.78 Å². The number of carbonyl (C=O) groups is 1. The number of hydrogen-bond acceptors (Lipinski definition) is 7. The normalized spacial score (nSPS) is 15.9. The third-order valence-corrected chi connectivity index (χ3v) is 8.17. The Morgan fingerprint density at radius 2 is 1.73 bits per heavy atom. The molecule has 4 heterocycles. The summed E-state index contributed by atoms with van der Waals surface area (Å²) in [6.07, 6.45) is -0.592. The zero-order valence-corrected chi connectivity index (χ0v) is 24.9. The molecule has 0 aliphatic carbocycles. The lowest BCUT2D eigenvalue weighted by molar-refractivity contribution is -0.138. The second kappa shape index (κ2) is 13.2. The first-order valence-electron chi connectivity index (χ1n) is 15.0. The summed E-state index contributed by atoms with van der Waals surface area (Å²) in [6, 6.07) is 14.6. The molecule has 13 heteroatoms. The van der Waals surface area contributed by atoms with E-state index in [9.17, 15) is 18.0 Å². The molecule has 0 unspecified atom stereocenters. The van der Waals surface area contributed by atoms with Gasteiger partial charge in [-0.15, -0.1) is 0 Å². The molecule has 45 heavy (non-hydrogen) atoms. The molecular formula is C32H35F3N8O2. The van der Waals surface area contributed by atoms with Gasteiger partial charge in [-0.1, -0.05) is 19.1 Å².